The molecular formula is C11H7ClF2OS. The van der Waals surface area contributed by atoms with E-state index in [0.717, 1.165) is 18.2 Å². The molecule has 0 spiro atoms. The van der Waals surface area contributed by atoms with Crippen molar-refractivity contribution >= 4 is 22.9 Å². The Morgan fingerprint density at radius 3 is 2.31 bits per heavy atom. The van der Waals surface area contributed by atoms with E-state index in [0.29, 0.717) is 9.90 Å². The summed E-state index contributed by atoms with van der Waals surface area (Å²) in [6.45, 7) is 0. The average molecular weight is 261 g/mol. The second-order valence-electron chi connectivity index (χ2n) is 3.24. The maximum Gasteiger partial charge on any atom is 0.126 e. The molecule has 0 amide bonds. The highest BCUT2D eigenvalue weighted by molar-refractivity contribution is 7.10. The first kappa shape index (κ1) is 11.5. The molecule has 0 saturated heterocycles. The molecule has 5 heteroatoms. The summed E-state index contributed by atoms with van der Waals surface area (Å²) < 4.78 is 25.9. The van der Waals surface area contributed by atoms with Gasteiger partial charge in [-0.05, 0) is 29.1 Å². The molecule has 0 radical (unpaired) electrons. The minimum absolute atomic E-state index is 0.154. The Labute approximate surface area is 99.9 Å². The number of benzene rings is 1. The van der Waals surface area contributed by atoms with E-state index in [9.17, 15) is 13.9 Å². The monoisotopic (exact) mass is 260 g/mol. The summed E-state index contributed by atoms with van der Waals surface area (Å²) in [5.41, 5.74) is 0.154. The van der Waals surface area contributed by atoms with E-state index in [4.69, 9.17) is 11.6 Å². The highest BCUT2D eigenvalue weighted by Crippen LogP contribution is 2.33. The van der Waals surface area contributed by atoms with E-state index in [1.807, 2.05) is 0 Å². The molecular weight excluding hydrogens is 254 g/mol. The lowest BCUT2D eigenvalue weighted by atomic mass is 10.1. The van der Waals surface area contributed by atoms with Gasteiger partial charge < -0.3 is 5.11 Å². The van der Waals surface area contributed by atoms with Gasteiger partial charge in [-0.2, -0.15) is 0 Å². The number of rotatable bonds is 2. The first-order valence-electron chi connectivity index (χ1n) is 4.45. The van der Waals surface area contributed by atoms with Crippen LogP contribution in [0.3, 0.4) is 0 Å². The van der Waals surface area contributed by atoms with Crippen molar-refractivity contribution in [1.82, 2.24) is 0 Å². The van der Waals surface area contributed by atoms with E-state index in [1.165, 1.54) is 11.3 Å². The Hall–Kier alpha value is -0.970. The third-order valence-electron chi connectivity index (χ3n) is 2.09. The second-order valence-corrected chi connectivity index (χ2v) is 4.59. The van der Waals surface area contributed by atoms with Gasteiger partial charge in [0.25, 0.3) is 0 Å². The van der Waals surface area contributed by atoms with Crippen molar-refractivity contribution in [1.29, 1.82) is 0 Å². The van der Waals surface area contributed by atoms with Crippen LogP contribution < -0.4 is 0 Å². The molecule has 0 aliphatic heterocycles. The van der Waals surface area contributed by atoms with Crippen LogP contribution in [0.15, 0.2) is 29.6 Å². The molecule has 0 aliphatic carbocycles. The maximum atomic E-state index is 12.9. The normalized spacial score (nSPS) is 12.8. The van der Waals surface area contributed by atoms with Crippen molar-refractivity contribution in [2.75, 3.05) is 0 Å². The van der Waals surface area contributed by atoms with Crippen LogP contribution in [0.2, 0.25) is 5.02 Å². The fourth-order valence-electron chi connectivity index (χ4n) is 1.38. The zero-order valence-corrected chi connectivity index (χ0v) is 9.53. The Morgan fingerprint density at radius 2 is 1.81 bits per heavy atom. The fourth-order valence-corrected chi connectivity index (χ4v) is 2.56. The van der Waals surface area contributed by atoms with Gasteiger partial charge in [-0.25, -0.2) is 8.78 Å². The van der Waals surface area contributed by atoms with Crippen LogP contribution in [0.4, 0.5) is 8.78 Å². The predicted octanol–water partition coefficient (Wildman–Crippen LogP) is 3.76. The first-order valence-corrected chi connectivity index (χ1v) is 5.70. The number of hydrogen-bond donors (Lipinski definition) is 1. The number of thiophene rings is 1. The molecule has 16 heavy (non-hydrogen) atoms. The lowest BCUT2D eigenvalue weighted by Gasteiger charge is -2.10. The third-order valence-corrected chi connectivity index (χ3v) is 3.50. The Balaban J connectivity index is 2.41. The molecule has 84 valence electrons. The topological polar surface area (TPSA) is 20.2 Å². The molecule has 0 aliphatic rings. The van der Waals surface area contributed by atoms with Gasteiger partial charge in [0, 0.05) is 6.07 Å². The SMILES string of the molecule is OC(c1cc(F)cc(F)c1)c1sccc1Cl. The fraction of sp³-hybridized carbons (Fsp3) is 0.0909. The molecule has 1 nitrogen and oxygen atoms in total. The maximum absolute atomic E-state index is 12.9. The van der Waals surface area contributed by atoms with Crippen molar-refractivity contribution in [3.05, 3.63) is 56.7 Å². The summed E-state index contributed by atoms with van der Waals surface area (Å²) >= 11 is 7.06. The molecule has 1 atom stereocenters. The van der Waals surface area contributed by atoms with Crippen LogP contribution in [-0.4, -0.2) is 5.11 Å². The summed E-state index contributed by atoms with van der Waals surface area (Å²) in [6, 6.07) is 4.56. The highest BCUT2D eigenvalue weighted by atomic mass is 35.5. The Bertz CT molecular complexity index is 492. The number of halogens is 3. The second kappa shape index (κ2) is 4.49. The summed E-state index contributed by atoms with van der Waals surface area (Å²) in [7, 11) is 0. The van der Waals surface area contributed by atoms with Crippen molar-refractivity contribution in [2.45, 2.75) is 6.10 Å². The van der Waals surface area contributed by atoms with Crippen molar-refractivity contribution in [3.63, 3.8) is 0 Å². The van der Waals surface area contributed by atoms with Gasteiger partial charge in [-0.1, -0.05) is 11.6 Å². The van der Waals surface area contributed by atoms with Crippen LogP contribution in [0.1, 0.15) is 16.5 Å². The molecule has 0 bridgehead atoms. The lowest BCUT2D eigenvalue weighted by molar-refractivity contribution is 0.223. The largest absolute Gasteiger partial charge is 0.383 e. The van der Waals surface area contributed by atoms with Crippen LogP contribution >= 0.6 is 22.9 Å². The van der Waals surface area contributed by atoms with Crippen LogP contribution in [0, 0.1) is 11.6 Å². The van der Waals surface area contributed by atoms with E-state index >= 15 is 0 Å². The van der Waals surface area contributed by atoms with E-state index in [2.05, 4.69) is 0 Å². The zero-order chi connectivity index (χ0) is 11.7. The standard InChI is InChI=1S/C11H7ClF2OS/c12-9-1-2-16-11(9)10(15)6-3-7(13)5-8(14)4-6/h1-5,10,15H. The predicted molar refractivity (Wildman–Crippen MR) is 59.7 cm³/mol. The van der Waals surface area contributed by atoms with Crippen molar-refractivity contribution in [3.8, 4) is 0 Å². The van der Waals surface area contributed by atoms with Crippen LogP contribution in [-0.2, 0) is 0 Å². The van der Waals surface area contributed by atoms with E-state index < -0.39 is 17.7 Å². The van der Waals surface area contributed by atoms with E-state index in [1.54, 1.807) is 11.4 Å². The lowest BCUT2D eigenvalue weighted by Crippen LogP contribution is -1.99. The highest BCUT2D eigenvalue weighted by Gasteiger charge is 2.16. The summed E-state index contributed by atoms with van der Waals surface area (Å²) in [6.07, 6.45) is -1.10. The average Bonchev–Trinajstić information content (AvgIpc) is 2.62. The van der Waals surface area contributed by atoms with Gasteiger partial charge in [0.05, 0.1) is 9.90 Å². The molecule has 1 aromatic heterocycles. The van der Waals surface area contributed by atoms with Crippen LogP contribution in [0.5, 0.6) is 0 Å². The smallest absolute Gasteiger partial charge is 0.126 e. The number of aliphatic hydroxyl groups is 1. The van der Waals surface area contributed by atoms with Gasteiger partial charge >= 0.3 is 0 Å². The Morgan fingerprint density at radius 1 is 1.19 bits per heavy atom. The van der Waals surface area contributed by atoms with Gasteiger partial charge in [0.15, 0.2) is 0 Å². The number of aliphatic hydroxyl groups excluding tert-OH is 1. The van der Waals surface area contributed by atoms with Gasteiger partial charge in [0.1, 0.15) is 17.7 Å². The molecule has 2 aromatic rings. The minimum atomic E-state index is -1.10. The number of hydrogen-bond acceptors (Lipinski definition) is 2. The molecule has 1 heterocycles. The third kappa shape index (κ3) is 2.24. The molecule has 1 unspecified atom stereocenters. The van der Waals surface area contributed by atoms with E-state index in [-0.39, 0.29) is 5.56 Å². The molecule has 0 saturated carbocycles. The van der Waals surface area contributed by atoms with Crippen molar-refractivity contribution < 1.29 is 13.9 Å². The summed E-state index contributed by atoms with van der Waals surface area (Å²) in [4.78, 5) is 0.478. The van der Waals surface area contributed by atoms with Gasteiger partial charge in [0.2, 0.25) is 0 Å². The molecule has 2 rings (SSSR count). The minimum Gasteiger partial charge on any atom is -0.383 e. The summed E-state index contributed by atoms with van der Waals surface area (Å²) in [5.74, 6) is -1.44. The van der Waals surface area contributed by atoms with Crippen molar-refractivity contribution in [2.24, 2.45) is 0 Å². The quantitative estimate of drug-likeness (QED) is 0.872. The van der Waals surface area contributed by atoms with Crippen LogP contribution in [0.25, 0.3) is 0 Å². The molecule has 0 fully saturated rings. The molecule has 1 N–H and O–H groups in total. The molecule has 1 aromatic carbocycles. The summed E-state index contributed by atoms with van der Waals surface area (Å²) in [5, 5.41) is 12.0. The Kier molecular flexibility index (Phi) is 3.23. The first-order chi connectivity index (χ1) is 7.58. The van der Waals surface area contributed by atoms with Gasteiger partial charge in [-0.15, -0.1) is 11.3 Å². The zero-order valence-electron chi connectivity index (χ0n) is 7.95. The van der Waals surface area contributed by atoms with Gasteiger partial charge in [-0.3, -0.25) is 0 Å².